The monoisotopic (exact) mass is 311 g/mol. The minimum atomic E-state index is 0.0374. The number of benzene rings is 1. The maximum Gasteiger partial charge on any atom is 0.0379 e. The Morgan fingerprint density at radius 2 is 1.56 bits per heavy atom. The first-order chi connectivity index (χ1) is 8.49. The van der Waals surface area contributed by atoms with Gasteiger partial charge >= 0.3 is 0 Å². The van der Waals surface area contributed by atoms with Crippen molar-refractivity contribution in [3.05, 3.63) is 34.3 Å². The highest BCUT2D eigenvalue weighted by molar-refractivity contribution is 9.10. The number of rotatable bonds is 7. The lowest BCUT2D eigenvalue weighted by Crippen LogP contribution is -2.43. The van der Waals surface area contributed by atoms with Crippen molar-refractivity contribution in [1.82, 2.24) is 5.32 Å². The topological polar surface area (TPSA) is 12.0 Å². The fourth-order valence-electron chi connectivity index (χ4n) is 2.45. The molecule has 0 saturated carbocycles. The third-order valence-electron chi connectivity index (χ3n) is 3.41. The molecule has 1 rings (SSSR count). The van der Waals surface area contributed by atoms with Gasteiger partial charge in [0.25, 0.3) is 0 Å². The van der Waals surface area contributed by atoms with Crippen LogP contribution in [0.4, 0.5) is 0 Å². The predicted molar refractivity (Wildman–Crippen MR) is 83.9 cm³/mol. The first kappa shape index (κ1) is 15.7. The van der Waals surface area contributed by atoms with Gasteiger partial charge in [0, 0.05) is 16.1 Å². The van der Waals surface area contributed by atoms with Gasteiger partial charge in [-0.25, -0.2) is 0 Å². The van der Waals surface area contributed by atoms with Crippen LogP contribution >= 0.6 is 15.9 Å². The molecule has 0 bridgehead atoms. The maximum absolute atomic E-state index is 3.82. The molecule has 0 radical (unpaired) electrons. The summed E-state index contributed by atoms with van der Waals surface area (Å²) in [5.74, 6) is 0. The molecule has 1 nitrogen and oxygen atoms in total. The Morgan fingerprint density at radius 3 is 2.00 bits per heavy atom. The summed E-state index contributed by atoms with van der Waals surface area (Å²) in [5, 5.41) is 3.82. The molecule has 0 aromatic heterocycles. The van der Waals surface area contributed by atoms with Crippen LogP contribution in [0.3, 0.4) is 0 Å². The molecule has 2 heteroatoms. The van der Waals surface area contributed by atoms with E-state index in [2.05, 4.69) is 73.2 Å². The number of hydrogen-bond donors (Lipinski definition) is 1. The zero-order valence-electron chi connectivity index (χ0n) is 12.1. The third kappa shape index (κ3) is 4.74. The molecule has 0 fully saturated rings. The molecule has 0 spiro atoms. The quantitative estimate of drug-likeness (QED) is 0.726. The summed E-state index contributed by atoms with van der Waals surface area (Å²) in [5.41, 5.74) is 1.39. The van der Waals surface area contributed by atoms with Crippen molar-refractivity contribution in [3.63, 3.8) is 0 Å². The van der Waals surface area contributed by atoms with Crippen LogP contribution < -0.4 is 5.32 Å². The molecule has 0 amide bonds. The highest BCUT2D eigenvalue weighted by atomic mass is 79.9. The summed E-state index contributed by atoms with van der Waals surface area (Å²) >= 11 is 3.49. The summed E-state index contributed by atoms with van der Waals surface area (Å²) in [6.07, 6.45) is 5.00. The van der Waals surface area contributed by atoms with Gasteiger partial charge in [-0.3, -0.25) is 0 Å². The zero-order valence-corrected chi connectivity index (χ0v) is 13.7. The minimum absolute atomic E-state index is 0.0374. The molecule has 0 aliphatic rings. The fourth-order valence-corrected chi connectivity index (χ4v) is 2.71. The number of hydrogen-bond acceptors (Lipinski definition) is 1. The predicted octanol–water partition coefficient (Wildman–Crippen LogP) is 5.24. The molecular formula is C16H26BrN. The minimum Gasteiger partial charge on any atom is -0.305 e. The van der Waals surface area contributed by atoms with Crippen molar-refractivity contribution in [2.45, 2.75) is 65.0 Å². The third-order valence-corrected chi connectivity index (χ3v) is 3.93. The van der Waals surface area contributed by atoms with Crippen molar-refractivity contribution < 1.29 is 0 Å². The molecule has 0 saturated heterocycles. The van der Waals surface area contributed by atoms with Crippen LogP contribution in [-0.4, -0.2) is 6.04 Å². The van der Waals surface area contributed by atoms with Crippen LogP contribution in [0.5, 0.6) is 0 Å². The Balaban J connectivity index is 2.75. The Morgan fingerprint density at radius 1 is 1.06 bits per heavy atom. The Kier molecular flexibility index (Phi) is 6.37. The van der Waals surface area contributed by atoms with Crippen molar-refractivity contribution in [3.8, 4) is 0 Å². The second-order valence-corrected chi connectivity index (χ2v) is 6.47. The molecule has 0 atom stereocenters. The van der Waals surface area contributed by atoms with E-state index in [-0.39, 0.29) is 5.54 Å². The summed E-state index contributed by atoms with van der Waals surface area (Å²) in [4.78, 5) is 0. The van der Waals surface area contributed by atoms with Crippen LogP contribution in [0.2, 0.25) is 0 Å². The normalized spacial score (nSPS) is 12.1. The van der Waals surface area contributed by atoms with E-state index >= 15 is 0 Å². The van der Waals surface area contributed by atoms with Crippen LogP contribution in [0.15, 0.2) is 28.7 Å². The van der Waals surface area contributed by atoms with E-state index in [1.807, 2.05) is 0 Å². The van der Waals surface area contributed by atoms with Crippen molar-refractivity contribution >= 4 is 15.9 Å². The second-order valence-electron chi connectivity index (χ2n) is 5.55. The van der Waals surface area contributed by atoms with Gasteiger partial charge in [-0.2, -0.15) is 0 Å². The summed E-state index contributed by atoms with van der Waals surface area (Å²) in [6, 6.07) is 9.26. The van der Waals surface area contributed by atoms with Gasteiger partial charge in [0.1, 0.15) is 0 Å². The lowest BCUT2D eigenvalue weighted by Gasteiger charge is -2.32. The molecule has 1 aromatic carbocycles. The fraction of sp³-hybridized carbons (Fsp3) is 0.625. The van der Waals surface area contributed by atoms with E-state index in [1.165, 1.54) is 31.2 Å². The SMILES string of the molecule is CCCC(CCC)NC(C)(C)c1ccc(Br)cc1. The van der Waals surface area contributed by atoms with E-state index in [1.54, 1.807) is 0 Å². The molecular weight excluding hydrogens is 286 g/mol. The number of nitrogens with one attached hydrogen (secondary N) is 1. The van der Waals surface area contributed by atoms with E-state index < -0.39 is 0 Å². The maximum atomic E-state index is 3.82. The van der Waals surface area contributed by atoms with Gasteiger partial charge in [0.2, 0.25) is 0 Å². The molecule has 1 aromatic rings. The van der Waals surface area contributed by atoms with Gasteiger partial charge in [0.15, 0.2) is 0 Å². The average molecular weight is 312 g/mol. The largest absolute Gasteiger partial charge is 0.305 e. The van der Waals surface area contributed by atoms with Crippen LogP contribution in [0.1, 0.15) is 58.9 Å². The Bertz CT molecular complexity index is 337. The lowest BCUT2D eigenvalue weighted by atomic mass is 9.92. The van der Waals surface area contributed by atoms with Crippen LogP contribution in [-0.2, 0) is 5.54 Å². The van der Waals surface area contributed by atoms with E-state index in [0.717, 1.165) is 4.47 Å². The molecule has 0 heterocycles. The van der Waals surface area contributed by atoms with E-state index in [0.29, 0.717) is 6.04 Å². The molecule has 1 N–H and O–H groups in total. The standard InChI is InChI=1S/C16H26BrN/c1-5-7-15(8-6-2)18-16(3,4)13-9-11-14(17)12-10-13/h9-12,15,18H,5-8H2,1-4H3. The zero-order chi connectivity index (χ0) is 13.6. The van der Waals surface area contributed by atoms with Crippen molar-refractivity contribution in [1.29, 1.82) is 0 Å². The molecule has 102 valence electrons. The highest BCUT2D eigenvalue weighted by Gasteiger charge is 2.23. The Labute approximate surface area is 120 Å². The molecule has 18 heavy (non-hydrogen) atoms. The summed E-state index contributed by atoms with van der Waals surface area (Å²) in [7, 11) is 0. The summed E-state index contributed by atoms with van der Waals surface area (Å²) in [6.45, 7) is 9.07. The van der Waals surface area contributed by atoms with Crippen molar-refractivity contribution in [2.24, 2.45) is 0 Å². The molecule has 0 aliphatic carbocycles. The van der Waals surface area contributed by atoms with Crippen LogP contribution in [0, 0.1) is 0 Å². The number of halogens is 1. The van der Waals surface area contributed by atoms with Gasteiger partial charge in [-0.15, -0.1) is 0 Å². The van der Waals surface area contributed by atoms with E-state index in [9.17, 15) is 0 Å². The van der Waals surface area contributed by atoms with Crippen LogP contribution in [0.25, 0.3) is 0 Å². The van der Waals surface area contributed by atoms with Gasteiger partial charge < -0.3 is 5.32 Å². The lowest BCUT2D eigenvalue weighted by molar-refractivity contribution is 0.313. The molecule has 0 unspecified atom stereocenters. The highest BCUT2D eigenvalue weighted by Crippen LogP contribution is 2.24. The summed E-state index contributed by atoms with van der Waals surface area (Å²) < 4.78 is 1.14. The van der Waals surface area contributed by atoms with Crippen molar-refractivity contribution in [2.75, 3.05) is 0 Å². The molecule has 0 aliphatic heterocycles. The Hall–Kier alpha value is -0.340. The van der Waals surface area contributed by atoms with Gasteiger partial charge in [-0.1, -0.05) is 54.8 Å². The van der Waals surface area contributed by atoms with Gasteiger partial charge in [-0.05, 0) is 44.4 Å². The van der Waals surface area contributed by atoms with Gasteiger partial charge in [0.05, 0.1) is 0 Å². The average Bonchev–Trinajstić information content (AvgIpc) is 2.29. The van der Waals surface area contributed by atoms with E-state index in [4.69, 9.17) is 0 Å². The first-order valence-electron chi connectivity index (χ1n) is 7.03. The first-order valence-corrected chi connectivity index (χ1v) is 7.82. The smallest absolute Gasteiger partial charge is 0.0379 e. The second kappa shape index (κ2) is 7.30.